The third kappa shape index (κ3) is 2.75. The Morgan fingerprint density at radius 2 is 2.14 bits per heavy atom. The summed E-state index contributed by atoms with van der Waals surface area (Å²) < 4.78 is 0. The fourth-order valence-corrected chi connectivity index (χ4v) is 2.58. The lowest BCUT2D eigenvalue weighted by molar-refractivity contribution is 0.0989. The van der Waals surface area contributed by atoms with E-state index < -0.39 is 0 Å². The number of anilines is 2. The van der Waals surface area contributed by atoms with E-state index in [0.29, 0.717) is 5.56 Å². The van der Waals surface area contributed by atoms with Crippen molar-refractivity contribution in [3.63, 3.8) is 0 Å². The zero-order chi connectivity index (χ0) is 14.7. The molecule has 1 aromatic heterocycles. The van der Waals surface area contributed by atoms with Gasteiger partial charge in [0.2, 0.25) is 0 Å². The van der Waals surface area contributed by atoms with Crippen molar-refractivity contribution in [2.75, 3.05) is 23.3 Å². The van der Waals surface area contributed by atoms with Crippen molar-refractivity contribution < 1.29 is 4.79 Å². The van der Waals surface area contributed by atoms with Crippen LogP contribution in [-0.4, -0.2) is 24.0 Å². The van der Waals surface area contributed by atoms with Gasteiger partial charge in [-0.05, 0) is 36.6 Å². The summed E-state index contributed by atoms with van der Waals surface area (Å²) in [5.74, 6) is 0.838. The van der Waals surface area contributed by atoms with Gasteiger partial charge in [-0.15, -0.1) is 0 Å². The highest BCUT2D eigenvalue weighted by molar-refractivity contribution is 6.07. The number of hydrogen-bond acceptors (Lipinski definition) is 3. The Balaban J connectivity index is 1.77. The van der Waals surface area contributed by atoms with Crippen LogP contribution in [0.15, 0.2) is 42.6 Å². The molecule has 0 unspecified atom stereocenters. The molecule has 4 heteroatoms. The molecule has 1 aliphatic rings. The molecule has 4 nitrogen and oxygen atoms in total. The number of benzene rings is 1. The van der Waals surface area contributed by atoms with E-state index in [1.165, 1.54) is 5.56 Å². The number of para-hydroxylation sites is 1. The first-order valence-corrected chi connectivity index (χ1v) is 7.39. The quantitative estimate of drug-likeness (QED) is 0.936. The van der Waals surface area contributed by atoms with Gasteiger partial charge in [0.05, 0.1) is 5.56 Å². The molecule has 1 aliphatic heterocycles. The lowest BCUT2D eigenvalue weighted by atomic mass is 10.2. The highest BCUT2D eigenvalue weighted by Gasteiger charge is 2.25. The van der Waals surface area contributed by atoms with E-state index in [0.717, 1.165) is 37.4 Å². The van der Waals surface area contributed by atoms with Crippen LogP contribution >= 0.6 is 0 Å². The number of rotatable bonds is 4. The minimum absolute atomic E-state index is 0.0227. The number of aromatic nitrogens is 1. The monoisotopic (exact) mass is 281 g/mol. The SMILES string of the molecule is CCCNc1ccc(C(=O)N2CCc3ccccc32)cn1. The van der Waals surface area contributed by atoms with Crippen LogP contribution in [0.25, 0.3) is 0 Å². The molecule has 0 spiro atoms. The van der Waals surface area contributed by atoms with E-state index in [9.17, 15) is 4.79 Å². The van der Waals surface area contributed by atoms with Gasteiger partial charge in [-0.2, -0.15) is 0 Å². The van der Waals surface area contributed by atoms with Gasteiger partial charge in [-0.25, -0.2) is 4.98 Å². The number of hydrogen-bond donors (Lipinski definition) is 1. The average molecular weight is 281 g/mol. The molecule has 1 N–H and O–H groups in total. The number of carbonyl (C=O) groups is 1. The molecular weight excluding hydrogens is 262 g/mol. The van der Waals surface area contributed by atoms with Gasteiger partial charge in [0.15, 0.2) is 0 Å². The van der Waals surface area contributed by atoms with Crippen LogP contribution < -0.4 is 10.2 Å². The Morgan fingerprint density at radius 3 is 2.90 bits per heavy atom. The van der Waals surface area contributed by atoms with Crippen LogP contribution in [0.3, 0.4) is 0 Å². The van der Waals surface area contributed by atoms with E-state index in [-0.39, 0.29) is 5.91 Å². The first-order valence-electron chi connectivity index (χ1n) is 7.39. The van der Waals surface area contributed by atoms with Gasteiger partial charge < -0.3 is 10.2 Å². The standard InChI is InChI=1S/C17H19N3O/c1-2-10-18-16-8-7-14(12-19-16)17(21)20-11-9-13-5-3-4-6-15(13)20/h3-8,12H,2,9-11H2,1H3,(H,18,19). The Bertz CT molecular complexity index is 637. The minimum atomic E-state index is 0.0227. The van der Waals surface area contributed by atoms with Gasteiger partial charge in [0.1, 0.15) is 5.82 Å². The van der Waals surface area contributed by atoms with Crippen LogP contribution in [0, 0.1) is 0 Å². The Kier molecular flexibility index (Phi) is 3.86. The maximum Gasteiger partial charge on any atom is 0.259 e. The van der Waals surface area contributed by atoms with E-state index in [1.807, 2.05) is 35.2 Å². The average Bonchev–Trinajstić information content (AvgIpc) is 2.97. The molecule has 0 fully saturated rings. The summed E-state index contributed by atoms with van der Waals surface area (Å²) in [5, 5.41) is 3.21. The van der Waals surface area contributed by atoms with Gasteiger partial charge in [-0.1, -0.05) is 25.1 Å². The number of carbonyl (C=O) groups excluding carboxylic acids is 1. The molecule has 0 saturated carbocycles. The normalized spacial score (nSPS) is 13.1. The number of pyridine rings is 1. The fraction of sp³-hybridized carbons (Fsp3) is 0.294. The summed E-state index contributed by atoms with van der Waals surface area (Å²) in [5.41, 5.74) is 2.89. The predicted molar refractivity (Wildman–Crippen MR) is 84.8 cm³/mol. The Hall–Kier alpha value is -2.36. The van der Waals surface area contributed by atoms with Crippen molar-refractivity contribution in [2.45, 2.75) is 19.8 Å². The van der Waals surface area contributed by atoms with Crippen LogP contribution in [0.5, 0.6) is 0 Å². The third-order valence-electron chi connectivity index (χ3n) is 3.70. The number of fused-ring (bicyclic) bond motifs is 1. The second kappa shape index (κ2) is 5.95. The van der Waals surface area contributed by atoms with Crippen LogP contribution in [0.4, 0.5) is 11.5 Å². The predicted octanol–water partition coefficient (Wildman–Crippen LogP) is 3.11. The van der Waals surface area contributed by atoms with Gasteiger partial charge in [-0.3, -0.25) is 4.79 Å². The number of amides is 1. The lowest BCUT2D eigenvalue weighted by Crippen LogP contribution is -2.28. The van der Waals surface area contributed by atoms with E-state index in [1.54, 1.807) is 6.20 Å². The molecule has 1 amide bonds. The third-order valence-corrected chi connectivity index (χ3v) is 3.70. The zero-order valence-electron chi connectivity index (χ0n) is 12.2. The van der Waals surface area contributed by atoms with Crippen molar-refractivity contribution >= 4 is 17.4 Å². The summed E-state index contributed by atoms with van der Waals surface area (Å²) >= 11 is 0. The van der Waals surface area contributed by atoms with E-state index in [4.69, 9.17) is 0 Å². The molecule has 2 aromatic rings. The summed E-state index contributed by atoms with van der Waals surface area (Å²) in [4.78, 5) is 18.7. The minimum Gasteiger partial charge on any atom is -0.370 e. The van der Waals surface area contributed by atoms with Crippen molar-refractivity contribution in [2.24, 2.45) is 0 Å². The molecule has 0 saturated heterocycles. The fourth-order valence-electron chi connectivity index (χ4n) is 2.58. The summed E-state index contributed by atoms with van der Waals surface area (Å²) in [6.07, 6.45) is 3.62. The van der Waals surface area contributed by atoms with Gasteiger partial charge >= 0.3 is 0 Å². The molecule has 0 atom stereocenters. The summed E-state index contributed by atoms with van der Waals surface area (Å²) in [7, 11) is 0. The number of nitrogens with zero attached hydrogens (tertiary/aromatic N) is 2. The maximum absolute atomic E-state index is 12.6. The molecule has 1 aromatic carbocycles. The highest BCUT2D eigenvalue weighted by atomic mass is 16.2. The molecule has 0 aliphatic carbocycles. The molecule has 3 rings (SSSR count). The van der Waals surface area contributed by atoms with Crippen LogP contribution in [-0.2, 0) is 6.42 Å². The highest BCUT2D eigenvalue weighted by Crippen LogP contribution is 2.28. The zero-order valence-corrected chi connectivity index (χ0v) is 12.2. The van der Waals surface area contributed by atoms with Crippen molar-refractivity contribution in [3.05, 3.63) is 53.7 Å². The van der Waals surface area contributed by atoms with Crippen LogP contribution in [0.2, 0.25) is 0 Å². The molecule has 108 valence electrons. The van der Waals surface area contributed by atoms with Gasteiger partial charge in [0, 0.05) is 25.0 Å². The Labute approximate surface area is 124 Å². The molecule has 21 heavy (non-hydrogen) atoms. The summed E-state index contributed by atoms with van der Waals surface area (Å²) in [6.45, 7) is 3.74. The topological polar surface area (TPSA) is 45.2 Å². The summed E-state index contributed by atoms with van der Waals surface area (Å²) in [6, 6.07) is 11.8. The molecule has 2 heterocycles. The first-order chi connectivity index (χ1) is 10.3. The second-order valence-corrected chi connectivity index (χ2v) is 5.19. The second-order valence-electron chi connectivity index (χ2n) is 5.19. The largest absolute Gasteiger partial charge is 0.370 e. The van der Waals surface area contributed by atoms with Crippen molar-refractivity contribution in [1.82, 2.24) is 4.98 Å². The molecular formula is C17H19N3O. The number of nitrogens with one attached hydrogen (secondary N) is 1. The van der Waals surface area contributed by atoms with E-state index in [2.05, 4.69) is 23.3 Å². The smallest absolute Gasteiger partial charge is 0.259 e. The Morgan fingerprint density at radius 1 is 1.29 bits per heavy atom. The van der Waals surface area contributed by atoms with Crippen molar-refractivity contribution in [3.8, 4) is 0 Å². The van der Waals surface area contributed by atoms with Crippen molar-refractivity contribution in [1.29, 1.82) is 0 Å². The van der Waals surface area contributed by atoms with Gasteiger partial charge in [0.25, 0.3) is 5.91 Å². The lowest BCUT2D eigenvalue weighted by Gasteiger charge is -2.17. The van der Waals surface area contributed by atoms with Crippen LogP contribution in [0.1, 0.15) is 29.3 Å². The molecule has 0 bridgehead atoms. The maximum atomic E-state index is 12.6. The molecule has 0 radical (unpaired) electrons. The van der Waals surface area contributed by atoms with E-state index >= 15 is 0 Å². The first kappa shape index (κ1) is 13.6.